The van der Waals surface area contributed by atoms with Crippen LogP contribution in [0.25, 0.3) is 10.2 Å². The van der Waals surface area contributed by atoms with Gasteiger partial charge in [0.05, 0.1) is 11.7 Å². The van der Waals surface area contributed by atoms with Crippen molar-refractivity contribution in [3.63, 3.8) is 0 Å². The highest BCUT2D eigenvalue weighted by molar-refractivity contribution is 7.18. The van der Waals surface area contributed by atoms with Gasteiger partial charge in [-0.05, 0) is 55.5 Å². The summed E-state index contributed by atoms with van der Waals surface area (Å²) in [5, 5.41) is 3.26. The van der Waals surface area contributed by atoms with Crippen LogP contribution in [0.15, 0.2) is 35.4 Å². The third-order valence-electron chi connectivity index (χ3n) is 4.62. The van der Waals surface area contributed by atoms with Crippen molar-refractivity contribution >= 4 is 33.1 Å². The van der Waals surface area contributed by atoms with Crippen LogP contribution in [0.2, 0.25) is 0 Å². The Kier molecular flexibility index (Phi) is 5.08. The molecule has 0 aliphatic heterocycles. The first-order chi connectivity index (χ1) is 13.5. The molecule has 1 aliphatic rings. The molecule has 0 saturated heterocycles. The summed E-state index contributed by atoms with van der Waals surface area (Å²) >= 11 is 1.56. The van der Waals surface area contributed by atoms with Crippen LogP contribution >= 0.6 is 11.3 Å². The first-order valence-corrected chi connectivity index (χ1v) is 9.67. The van der Waals surface area contributed by atoms with Gasteiger partial charge in [-0.3, -0.25) is 14.2 Å². The van der Waals surface area contributed by atoms with Gasteiger partial charge in [-0.25, -0.2) is 4.98 Å². The van der Waals surface area contributed by atoms with Gasteiger partial charge in [0, 0.05) is 10.6 Å². The summed E-state index contributed by atoms with van der Waals surface area (Å²) in [6.45, 7) is -3.08. The molecule has 0 spiro atoms. The first-order valence-electron chi connectivity index (χ1n) is 8.85. The predicted octanol–water partition coefficient (Wildman–Crippen LogP) is 3.58. The number of ether oxygens (including phenoxy) is 1. The van der Waals surface area contributed by atoms with Gasteiger partial charge in [-0.1, -0.05) is 0 Å². The summed E-state index contributed by atoms with van der Waals surface area (Å²) in [6, 6.07) is 5.57. The number of hydrogen-bond donors (Lipinski definition) is 1. The number of carbonyl (C=O) groups is 1. The minimum Gasteiger partial charge on any atom is -0.435 e. The number of halogens is 2. The van der Waals surface area contributed by atoms with E-state index in [0.717, 1.165) is 36.1 Å². The van der Waals surface area contributed by atoms with Crippen molar-refractivity contribution in [2.45, 2.75) is 38.8 Å². The van der Waals surface area contributed by atoms with E-state index in [2.05, 4.69) is 15.0 Å². The summed E-state index contributed by atoms with van der Waals surface area (Å²) in [4.78, 5) is 31.5. The average molecular weight is 405 g/mol. The van der Waals surface area contributed by atoms with E-state index in [-0.39, 0.29) is 17.9 Å². The monoisotopic (exact) mass is 405 g/mol. The zero-order valence-corrected chi connectivity index (χ0v) is 15.6. The van der Waals surface area contributed by atoms with Crippen molar-refractivity contribution in [2.24, 2.45) is 0 Å². The molecule has 0 atom stereocenters. The van der Waals surface area contributed by atoms with Gasteiger partial charge >= 0.3 is 6.61 Å². The second-order valence-electron chi connectivity index (χ2n) is 6.52. The summed E-state index contributed by atoms with van der Waals surface area (Å²) < 4.78 is 29.9. The minimum absolute atomic E-state index is 0.00102. The molecule has 2 aromatic heterocycles. The smallest absolute Gasteiger partial charge is 0.387 e. The fourth-order valence-corrected chi connectivity index (χ4v) is 4.59. The van der Waals surface area contributed by atoms with Crippen molar-refractivity contribution in [1.29, 1.82) is 0 Å². The second-order valence-corrected chi connectivity index (χ2v) is 7.60. The lowest BCUT2D eigenvalue weighted by atomic mass is 9.97. The molecule has 2 heterocycles. The SMILES string of the molecule is O=C(Cn1cnc2sc3c(c2c1=O)CCCC3)Nc1ccc(OC(F)F)cc1. The molecule has 4 rings (SSSR count). The van der Waals surface area contributed by atoms with Gasteiger partial charge in [0.25, 0.3) is 5.56 Å². The van der Waals surface area contributed by atoms with E-state index in [1.807, 2.05) is 0 Å². The molecule has 28 heavy (non-hydrogen) atoms. The number of aryl methyl sites for hydroxylation is 2. The van der Waals surface area contributed by atoms with Crippen LogP contribution in [-0.2, 0) is 24.2 Å². The van der Waals surface area contributed by atoms with Gasteiger partial charge < -0.3 is 10.1 Å². The number of alkyl halides is 2. The van der Waals surface area contributed by atoms with Crippen LogP contribution in [0.4, 0.5) is 14.5 Å². The van der Waals surface area contributed by atoms with Crippen LogP contribution in [-0.4, -0.2) is 22.1 Å². The number of nitrogens with zero attached hydrogens (tertiary/aromatic N) is 2. The molecule has 1 aromatic carbocycles. The van der Waals surface area contributed by atoms with Crippen LogP contribution in [0.3, 0.4) is 0 Å². The third-order valence-corrected chi connectivity index (χ3v) is 5.82. The lowest BCUT2D eigenvalue weighted by molar-refractivity contribution is -0.116. The van der Waals surface area contributed by atoms with Crippen molar-refractivity contribution in [3.05, 3.63) is 51.4 Å². The molecule has 3 aromatic rings. The van der Waals surface area contributed by atoms with E-state index in [4.69, 9.17) is 0 Å². The molecule has 146 valence electrons. The number of benzene rings is 1. The van der Waals surface area contributed by atoms with Crippen LogP contribution in [0.1, 0.15) is 23.3 Å². The maximum Gasteiger partial charge on any atom is 0.387 e. The largest absolute Gasteiger partial charge is 0.435 e. The Morgan fingerprint density at radius 1 is 1.25 bits per heavy atom. The number of nitrogens with one attached hydrogen (secondary N) is 1. The van der Waals surface area contributed by atoms with Crippen molar-refractivity contribution in [3.8, 4) is 5.75 Å². The van der Waals surface area contributed by atoms with E-state index < -0.39 is 12.5 Å². The number of rotatable bonds is 5. The van der Waals surface area contributed by atoms with Crippen LogP contribution in [0, 0.1) is 0 Å². The van der Waals surface area contributed by atoms with Gasteiger partial charge in [-0.15, -0.1) is 11.3 Å². The van der Waals surface area contributed by atoms with Gasteiger partial charge in [0.1, 0.15) is 17.1 Å². The maximum absolute atomic E-state index is 12.9. The zero-order valence-electron chi connectivity index (χ0n) is 14.8. The Bertz CT molecular complexity index is 1080. The van der Waals surface area contributed by atoms with Crippen LogP contribution in [0.5, 0.6) is 5.75 Å². The highest BCUT2D eigenvalue weighted by atomic mass is 32.1. The zero-order chi connectivity index (χ0) is 19.7. The van der Waals surface area contributed by atoms with Crippen LogP contribution < -0.4 is 15.6 Å². The standard InChI is InChI=1S/C19H17F2N3O3S/c20-19(21)27-12-7-5-11(6-8-12)23-15(25)9-24-10-22-17-16(18(24)26)13-3-1-2-4-14(13)28-17/h5-8,10,19H,1-4,9H2,(H,23,25). The third kappa shape index (κ3) is 3.75. The highest BCUT2D eigenvalue weighted by Gasteiger charge is 2.20. The van der Waals surface area contributed by atoms with Gasteiger partial charge in [-0.2, -0.15) is 8.78 Å². The topological polar surface area (TPSA) is 73.2 Å². The number of carbonyl (C=O) groups excluding carboxylic acids is 1. The molecule has 0 radical (unpaired) electrons. The lowest BCUT2D eigenvalue weighted by Gasteiger charge is -2.11. The molecule has 1 amide bonds. The normalized spacial score (nSPS) is 13.5. The van der Waals surface area contributed by atoms with Gasteiger partial charge in [0.2, 0.25) is 5.91 Å². The summed E-state index contributed by atoms with van der Waals surface area (Å²) in [5.74, 6) is -0.407. The second kappa shape index (κ2) is 7.67. The molecule has 0 saturated carbocycles. The number of anilines is 1. The fourth-order valence-electron chi connectivity index (χ4n) is 3.37. The number of amides is 1. The molecule has 0 fully saturated rings. The number of hydrogen-bond acceptors (Lipinski definition) is 5. The summed E-state index contributed by atoms with van der Waals surface area (Å²) in [7, 11) is 0. The maximum atomic E-state index is 12.9. The van der Waals surface area contributed by atoms with E-state index in [9.17, 15) is 18.4 Å². The van der Waals surface area contributed by atoms with Crippen molar-refractivity contribution in [2.75, 3.05) is 5.32 Å². The fraction of sp³-hybridized carbons (Fsp3) is 0.316. The van der Waals surface area contributed by atoms with E-state index in [1.165, 1.54) is 40.0 Å². The molecule has 0 bridgehead atoms. The predicted molar refractivity (Wildman–Crippen MR) is 102 cm³/mol. The molecule has 1 aliphatic carbocycles. The number of aromatic nitrogens is 2. The molecule has 6 nitrogen and oxygen atoms in total. The molecule has 9 heteroatoms. The Labute approximate surface area is 162 Å². The average Bonchev–Trinajstić information content (AvgIpc) is 3.04. The summed E-state index contributed by atoms with van der Waals surface area (Å²) in [6.07, 6.45) is 5.42. The molecular weight excluding hydrogens is 388 g/mol. The quantitative estimate of drug-likeness (QED) is 0.704. The van der Waals surface area contributed by atoms with E-state index in [0.29, 0.717) is 11.1 Å². The Morgan fingerprint density at radius 3 is 2.75 bits per heavy atom. The molecule has 0 unspecified atom stereocenters. The molecular formula is C19H17F2N3O3S. The Balaban J connectivity index is 1.51. The minimum atomic E-state index is -2.91. The Morgan fingerprint density at radius 2 is 2.00 bits per heavy atom. The van der Waals surface area contributed by atoms with Crippen molar-refractivity contribution in [1.82, 2.24) is 9.55 Å². The number of fused-ring (bicyclic) bond motifs is 3. The van der Waals surface area contributed by atoms with Gasteiger partial charge in [0.15, 0.2) is 0 Å². The van der Waals surface area contributed by atoms with Crippen molar-refractivity contribution < 1.29 is 18.3 Å². The molecule has 1 N–H and O–H groups in total. The van der Waals surface area contributed by atoms with E-state index in [1.54, 1.807) is 11.3 Å². The first kappa shape index (κ1) is 18.5. The lowest BCUT2D eigenvalue weighted by Crippen LogP contribution is -2.28. The highest BCUT2D eigenvalue weighted by Crippen LogP contribution is 2.33. The van der Waals surface area contributed by atoms with E-state index >= 15 is 0 Å². The number of thiophene rings is 1. The Hall–Kier alpha value is -2.81. The summed E-state index contributed by atoms with van der Waals surface area (Å²) in [5.41, 5.74) is 1.29.